The predicted octanol–water partition coefficient (Wildman–Crippen LogP) is -0.0463. The first-order chi connectivity index (χ1) is 8.20. The van der Waals surface area contributed by atoms with Crippen LogP contribution in [0.4, 0.5) is 5.82 Å². The molecular weight excluding hydrogens is 220 g/mol. The second kappa shape index (κ2) is 4.99. The molecule has 1 atom stereocenters. The van der Waals surface area contributed by atoms with E-state index >= 15 is 0 Å². The number of hydrogen-bond donors (Lipinski definition) is 2. The van der Waals surface area contributed by atoms with Crippen LogP contribution < -0.4 is 16.2 Å². The van der Waals surface area contributed by atoms with Gasteiger partial charge in [0.1, 0.15) is 0 Å². The molecule has 0 aromatic carbocycles. The summed E-state index contributed by atoms with van der Waals surface area (Å²) >= 11 is 0. The molecule has 1 aliphatic rings. The summed E-state index contributed by atoms with van der Waals surface area (Å²) in [5, 5.41) is 5.83. The number of nitrogens with one attached hydrogen (secondary N) is 2. The van der Waals surface area contributed by atoms with Crippen LogP contribution in [0.25, 0.3) is 0 Å². The number of rotatable bonds is 4. The Bertz CT molecular complexity index is 469. The summed E-state index contributed by atoms with van der Waals surface area (Å²) in [4.78, 5) is 26.8. The van der Waals surface area contributed by atoms with Crippen molar-refractivity contribution in [1.82, 2.24) is 14.9 Å². The topological polar surface area (TPSA) is 76.0 Å². The van der Waals surface area contributed by atoms with Crippen molar-refractivity contribution in [1.29, 1.82) is 0 Å². The van der Waals surface area contributed by atoms with Gasteiger partial charge >= 0.3 is 0 Å². The molecular formula is C11H16N4O2. The van der Waals surface area contributed by atoms with Crippen LogP contribution in [0.1, 0.15) is 19.8 Å². The first-order valence-electron chi connectivity index (χ1n) is 5.79. The van der Waals surface area contributed by atoms with E-state index in [1.165, 1.54) is 0 Å². The third-order valence-electron chi connectivity index (χ3n) is 2.86. The van der Waals surface area contributed by atoms with E-state index in [2.05, 4.69) is 15.6 Å². The maximum Gasteiger partial charge on any atom is 0.293 e. The molecule has 0 saturated carbocycles. The maximum atomic E-state index is 11.8. The lowest BCUT2D eigenvalue weighted by Crippen LogP contribution is -2.34. The van der Waals surface area contributed by atoms with Crippen molar-refractivity contribution in [3.8, 4) is 0 Å². The van der Waals surface area contributed by atoms with Crippen LogP contribution in [0.5, 0.6) is 0 Å². The molecule has 6 nitrogen and oxygen atoms in total. The summed E-state index contributed by atoms with van der Waals surface area (Å²) in [6.07, 6.45) is 4.62. The molecule has 1 fully saturated rings. The summed E-state index contributed by atoms with van der Waals surface area (Å²) < 4.78 is 1.59. The molecule has 1 aromatic heterocycles. The fourth-order valence-electron chi connectivity index (χ4n) is 1.87. The Labute approximate surface area is 99.1 Å². The monoisotopic (exact) mass is 236 g/mol. The molecule has 0 radical (unpaired) electrons. The normalized spacial score (nSPS) is 19.1. The minimum Gasteiger partial charge on any atom is -0.363 e. The van der Waals surface area contributed by atoms with Gasteiger partial charge in [-0.15, -0.1) is 0 Å². The minimum absolute atomic E-state index is 0.0730. The van der Waals surface area contributed by atoms with Crippen LogP contribution in [-0.2, 0) is 11.3 Å². The van der Waals surface area contributed by atoms with Gasteiger partial charge in [-0.3, -0.25) is 9.59 Å². The van der Waals surface area contributed by atoms with Gasteiger partial charge < -0.3 is 15.2 Å². The molecule has 1 saturated heterocycles. The van der Waals surface area contributed by atoms with Crippen LogP contribution in [0, 0.1) is 0 Å². The van der Waals surface area contributed by atoms with E-state index in [1.54, 1.807) is 17.0 Å². The molecule has 1 aliphatic heterocycles. The van der Waals surface area contributed by atoms with E-state index in [0.29, 0.717) is 25.3 Å². The van der Waals surface area contributed by atoms with Gasteiger partial charge in [0, 0.05) is 37.9 Å². The zero-order valence-electron chi connectivity index (χ0n) is 9.77. The van der Waals surface area contributed by atoms with Crippen LogP contribution >= 0.6 is 0 Å². The highest BCUT2D eigenvalue weighted by Gasteiger charge is 2.20. The van der Waals surface area contributed by atoms with Gasteiger partial charge in [-0.25, -0.2) is 4.98 Å². The average Bonchev–Trinajstić information content (AvgIpc) is 2.74. The highest BCUT2D eigenvalue weighted by atomic mass is 16.2. The van der Waals surface area contributed by atoms with E-state index in [-0.39, 0.29) is 17.5 Å². The largest absolute Gasteiger partial charge is 0.363 e. The van der Waals surface area contributed by atoms with Gasteiger partial charge in [0.15, 0.2) is 5.82 Å². The maximum absolute atomic E-state index is 11.8. The Kier molecular flexibility index (Phi) is 3.41. The molecule has 6 heteroatoms. The molecule has 2 rings (SSSR count). The van der Waals surface area contributed by atoms with Crippen molar-refractivity contribution in [3.05, 3.63) is 22.7 Å². The Morgan fingerprint density at radius 1 is 1.59 bits per heavy atom. The average molecular weight is 236 g/mol. The van der Waals surface area contributed by atoms with Crippen molar-refractivity contribution in [2.45, 2.75) is 32.4 Å². The highest BCUT2D eigenvalue weighted by molar-refractivity contribution is 5.78. The van der Waals surface area contributed by atoms with Gasteiger partial charge in [0.2, 0.25) is 5.91 Å². The predicted molar refractivity (Wildman–Crippen MR) is 63.8 cm³/mol. The number of aromatic nitrogens is 2. The minimum atomic E-state index is -0.126. The zero-order valence-corrected chi connectivity index (χ0v) is 9.77. The Morgan fingerprint density at radius 3 is 3.06 bits per heavy atom. The standard InChI is InChI=1S/C11H16N4O2/c1-2-15-6-5-12-10(11(15)17)13-7-8-3-4-9(16)14-8/h5-6,8H,2-4,7H2,1H3,(H,12,13)(H,14,16). The Balaban J connectivity index is 1.99. The summed E-state index contributed by atoms with van der Waals surface area (Å²) in [5.41, 5.74) is -0.126. The summed E-state index contributed by atoms with van der Waals surface area (Å²) in [6.45, 7) is 3.07. The lowest BCUT2D eigenvalue weighted by molar-refractivity contribution is -0.119. The van der Waals surface area contributed by atoms with Crippen LogP contribution in [-0.4, -0.2) is 28.0 Å². The molecule has 2 heterocycles. The number of aryl methyl sites for hydroxylation is 1. The number of hydrogen-bond acceptors (Lipinski definition) is 4. The van der Waals surface area contributed by atoms with Crippen LogP contribution in [0.3, 0.4) is 0 Å². The van der Waals surface area contributed by atoms with Crippen LogP contribution in [0.2, 0.25) is 0 Å². The van der Waals surface area contributed by atoms with Crippen molar-refractivity contribution in [2.24, 2.45) is 0 Å². The third-order valence-corrected chi connectivity index (χ3v) is 2.86. The van der Waals surface area contributed by atoms with Crippen molar-refractivity contribution in [2.75, 3.05) is 11.9 Å². The van der Waals surface area contributed by atoms with Gasteiger partial charge in [-0.05, 0) is 13.3 Å². The fourth-order valence-corrected chi connectivity index (χ4v) is 1.87. The van der Waals surface area contributed by atoms with Crippen molar-refractivity contribution < 1.29 is 4.79 Å². The molecule has 1 amide bonds. The third kappa shape index (κ3) is 2.64. The van der Waals surface area contributed by atoms with Gasteiger partial charge in [-0.2, -0.15) is 0 Å². The summed E-state index contributed by atoms with van der Waals surface area (Å²) in [7, 11) is 0. The number of carbonyl (C=O) groups is 1. The molecule has 0 aliphatic carbocycles. The molecule has 0 spiro atoms. The van der Waals surface area contributed by atoms with Crippen molar-refractivity contribution in [3.63, 3.8) is 0 Å². The molecule has 92 valence electrons. The Morgan fingerprint density at radius 2 is 2.41 bits per heavy atom. The van der Waals surface area contributed by atoms with E-state index < -0.39 is 0 Å². The summed E-state index contributed by atoms with van der Waals surface area (Å²) in [5.74, 6) is 0.416. The van der Waals surface area contributed by atoms with Gasteiger partial charge in [0.05, 0.1) is 0 Å². The quantitative estimate of drug-likeness (QED) is 0.768. The molecule has 17 heavy (non-hydrogen) atoms. The smallest absolute Gasteiger partial charge is 0.293 e. The second-order valence-electron chi connectivity index (χ2n) is 4.05. The van der Waals surface area contributed by atoms with E-state index in [9.17, 15) is 9.59 Å². The Hall–Kier alpha value is -1.85. The second-order valence-corrected chi connectivity index (χ2v) is 4.05. The first kappa shape index (κ1) is 11.6. The lowest BCUT2D eigenvalue weighted by Gasteiger charge is -2.12. The fraction of sp³-hybridized carbons (Fsp3) is 0.545. The number of carbonyl (C=O) groups excluding carboxylic acids is 1. The first-order valence-corrected chi connectivity index (χ1v) is 5.79. The van der Waals surface area contributed by atoms with E-state index in [1.807, 2.05) is 6.92 Å². The van der Waals surface area contributed by atoms with E-state index in [4.69, 9.17) is 0 Å². The van der Waals surface area contributed by atoms with E-state index in [0.717, 1.165) is 6.42 Å². The lowest BCUT2D eigenvalue weighted by atomic mass is 10.2. The molecule has 0 bridgehead atoms. The van der Waals surface area contributed by atoms with Crippen LogP contribution in [0.15, 0.2) is 17.2 Å². The summed E-state index contributed by atoms with van der Waals surface area (Å²) in [6, 6.07) is 0.0963. The molecule has 1 aromatic rings. The number of nitrogens with zero attached hydrogens (tertiary/aromatic N) is 2. The molecule has 2 N–H and O–H groups in total. The zero-order chi connectivity index (χ0) is 12.3. The van der Waals surface area contributed by atoms with Gasteiger partial charge in [-0.1, -0.05) is 0 Å². The highest BCUT2D eigenvalue weighted by Crippen LogP contribution is 2.06. The number of amides is 1. The molecule has 1 unspecified atom stereocenters. The van der Waals surface area contributed by atoms with Gasteiger partial charge in [0.25, 0.3) is 5.56 Å². The van der Waals surface area contributed by atoms with Crippen molar-refractivity contribution >= 4 is 11.7 Å². The number of anilines is 1. The SMILES string of the molecule is CCn1ccnc(NCC2CCC(=O)N2)c1=O.